The van der Waals surface area contributed by atoms with Crippen LogP contribution >= 0.6 is 0 Å². The van der Waals surface area contributed by atoms with Gasteiger partial charge >= 0.3 is 0 Å². The first kappa shape index (κ1) is 15.8. The van der Waals surface area contributed by atoms with Crippen molar-refractivity contribution >= 4 is 5.91 Å². The molecule has 1 amide bonds. The first-order chi connectivity index (χ1) is 9.03. The fraction of sp³-hybridized carbons (Fsp3) is 0.667. The van der Waals surface area contributed by atoms with Crippen LogP contribution in [0.1, 0.15) is 39.3 Å². The SMILES string of the molecule is CCN(CC)C(=O)Cn1ccc(C(NC)C(C)C)c1. The summed E-state index contributed by atoms with van der Waals surface area (Å²) in [4.78, 5) is 13.9. The van der Waals surface area contributed by atoms with E-state index in [1.54, 1.807) is 0 Å². The lowest BCUT2D eigenvalue weighted by atomic mass is 9.99. The number of aromatic nitrogens is 1. The van der Waals surface area contributed by atoms with Gasteiger partial charge in [0.1, 0.15) is 6.54 Å². The van der Waals surface area contributed by atoms with Crippen LogP contribution in [0.4, 0.5) is 0 Å². The van der Waals surface area contributed by atoms with Crippen LogP contribution in [0.3, 0.4) is 0 Å². The summed E-state index contributed by atoms with van der Waals surface area (Å²) in [5.74, 6) is 0.706. The van der Waals surface area contributed by atoms with Gasteiger partial charge in [-0.3, -0.25) is 4.79 Å². The third-order valence-corrected chi connectivity index (χ3v) is 3.54. The number of carbonyl (C=O) groups excluding carboxylic acids is 1. The van der Waals surface area contributed by atoms with Crippen molar-refractivity contribution < 1.29 is 4.79 Å². The fourth-order valence-corrected chi connectivity index (χ4v) is 2.46. The molecular weight excluding hydrogens is 238 g/mol. The van der Waals surface area contributed by atoms with E-state index in [1.807, 2.05) is 36.6 Å². The van der Waals surface area contributed by atoms with E-state index in [1.165, 1.54) is 5.56 Å². The molecule has 0 fully saturated rings. The Labute approximate surface area is 116 Å². The van der Waals surface area contributed by atoms with Crippen molar-refractivity contribution in [1.29, 1.82) is 0 Å². The smallest absolute Gasteiger partial charge is 0.242 e. The van der Waals surface area contributed by atoms with Crippen molar-refractivity contribution in [2.75, 3.05) is 20.1 Å². The highest BCUT2D eigenvalue weighted by Crippen LogP contribution is 2.21. The van der Waals surface area contributed by atoms with Crippen LogP contribution in [-0.4, -0.2) is 35.5 Å². The zero-order chi connectivity index (χ0) is 14.4. The van der Waals surface area contributed by atoms with Crippen LogP contribution in [-0.2, 0) is 11.3 Å². The van der Waals surface area contributed by atoms with Crippen LogP contribution in [0.25, 0.3) is 0 Å². The van der Waals surface area contributed by atoms with E-state index >= 15 is 0 Å². The number of rotatable bonds is 7. The van der Waals surface area contributed by atoms with E-state index in [0.717, 1.165) is 13.1 Å². The highest BCUT2D eigenvalue weighted by Gasteiger charge is 2.16. The van der Waals surface area contributed by atoms with Gasteiger partial charge in [-0.1, -0.05) is 13.8 Å². The number of carbonyl (C=O) groups is 1. The molecule has 4 heteroatoms. The highest BCUT2D eigenvalue weighted by atomic mass is 16.2. The summed E-state index contributed by atoms with van der Waals surface area (Å²) in [5.41, 5.74) is 1.24. The zero-order valence-electron chi connectivity index (χ0n) is 12.8. The summed E-state index contributed by atoms with van der Waals surface area (Å²) in [6.45, 7) is 10.4. The molecule has 19 heavy (non-hydrogen) atoms. The molecule has 0 aliphatic heterocycles. The first-order valence-corrected chi connectivity index (χ1v) is 7.14. The second-order valence-electron chi connectivity index (χ2n) is 5.19. The molecular formula is C15H27N3O. The van der Waals surface area contributed by atoms with Crippen LogP contribution in [0.15, 0.2) is 18.5 Å². The Kier molecular flexibility index (Phi) is 6.09. The Bertz CT molecular complexity index is 394. The molecule has 0 radical (unpaired) electrons. The molecule has 1 N–H and O–H groups in total. The maximum atomic E-state index is 12.0. The summed E-state index contributed by atoms with van der Waals surface area (Å²) in [7, 11) is 1.98. The van der Waals surface area contributed by atoms with E-state index < -0.39 is 0 Å². The highest BCUT2D eigenvalue weighted by molar-refractivity contribution is 5.75. The van der Waals surface area contributed by atoms with Crippen molar-refractivity contribution in [2.45, 2.75) is 40.3 Å². The van der Waals surface area contributed by atoms with E-state index in [2.05, 4.69) is 31.4 Å². The van der Waals surface area contributed by atoms with Crippen LogP contribution in [0.2, 0.25) is 0 Å². The second kappa shape index (κ2) is 7.34. The summed E-state index contributed by atoms with van der Waals surface area (Å²) in [6.07, 6.45) is 4.06. The average molecular weight is 265 g/mol. The molecule has 0 aliphatic carbocycles. The van der Waals surface area contributed by atoms with Gasteiger partial charge in [0, 0.05) is 31.5 Å². The van der Waals surface area contributed by atoms with Crippen LogP contribution in [0.5, 0.6) is 0 Å². The Balaban J connectivity index is 2.72. The van der Waals surface area contributed by atoms with Crippen molar-refractivity contribution in [3.63, 3.8) is 0 Å². The maximum Gasteiger partial charge on any atom is 0.242 e. The number of hydrogen-bond donors (Lipinski definition) is 1. The quantitative estimate of drug-likeness (QED) is 0.821. The van der Waals surface area contributed by atoms with Crippen molar-refractivity contribution in [1.82, 2.24) is 14.8 Å². The van der Waals surface area contributed by atoms with E-state index in [9.17, 15) is 4.79 Å². The summed E-state index contributed by atoms with van der Waals surface area (Å²) in [5, 5.41) is 3.32. The number of nitrogens with one attached hydrogen (secondary N) is 1. The lowest BCUT2D eigenvalue weighted by molar-refractivity contribution is -0.131. The first-order valence-electron chi connectivity index (χ1n) is 7.14. The lowest BCUT2D eigenvalue weighted by Crippen LogP contribution is -2.33. The minimum absolute atomic E-state index is 0.178. The Morgan fingerprint density at radius 3 is 2.47 bits per heavy atom. The Morgan fingerprint density at radius 1 is 1.37 bits per heavy atom. The third kappa shape index (κ3) is 4.10. The molecule has 0 bridgehead atoms. The topological polar surface area (TPSA) is 37.3 Å². The van der Waals surface area contributed by atoms with Crippen molar-refractivity contribution in [2.24, 2.45) is 5.92 Å². The van der Waals surface area contributed by atoms with Gasteiger partial charge in [-0.2, -0.15) is 0 Å². The van der Waals surface area contributed by atoms with Gasteiger partial charge < -0.3 is 14.8 Å². The molecule has 1 unspecified atom stereocenters. The van der Waals surface area contributed by atoms with Gasteiger partial charge in [-0.25, -0.2) is 0 Å². The molecule has 0 saturated heterocycles. The van der Waals surface area contributed by atoms with Crippen molar-refractivity contribution in [3.05, 3.63) is 24.0 Å². The average Bonchev–Trinajstić information content (AvgIpc) is 2.79. The van der Waals surface area contributed by atoms with Crippen LogP contribution < -0.4 is 5.32 Å². The molecule has 4 nitrogen and oxygen atoms in total. The third-order valence-electron chi connectivity index (χ3n) is 3.54. The van der Waals surface area contributed by atoms with Crippen LogP contribution in [0, 0.1) is 5.92 Å². The minimum Gasteiger partial charge on any atom is -0.345 e. The standard InChI is InChI=1S/C15H27N3O/c1-6-18(7-2)14(19)11-17-9-8-13(10-17)15(16-5)12(3)4/h8-10,12,15-16H,6-7,11H2,1-5H3. The molecule has 1 aromatic heterocycles. The minimum atomic E-state index is 0.178. The van der Waals surface area contributed by atoms with Gasteiger partial charge in [-0.05, 0) is 38.4 Å². The molecule has 1 atom stereocenters. The Morgan fingerprint density at radius 2 is 2.00 bits per heavy atom. The monoisotopic (exact) mass is 265 g/mol. The molecule has 1 heterocycles. The molecule has 108 valence electrons. The molecule has 0 aromatic carbocycles. The number of amides is 1. The molecule has 1 rings (SSSR count). The predicted molar refractivity (Wildman–Crippen MR) is 79.0 cm³/mol. The molecule has 0 saturated carbocycles. The summed E-state index contributed by atoms with van der Waals surface area (Å²) in [6, 6.07) is 2.43. The Hall–Kier alpha value is -1.29. The second-order valence-corrected chi connectivity index (χ2v) is 5.19. The van der Waals surface area contributed by atoms with Gasteiger partial charge in [0.05, 0.1) is 0 Å². The maximum absolute atomic E-state index is 12.0. The summed E-state index contributed by atoms with van der Waals surface area (Å²) >= 11 is 0. The van der Waals surface area contributed by atoms with Gasteiger partial charge in [0.25, 0.3) is 0 Å². The zero-order valence-corrected chi connectivity index (χ0v) is 12.8. The summed E-state index contributed by atoms with van der Waals surface area (Å²) < 4.78 is 1.97. The largest absolute Gasteiger partial charge is 0.345 e. The van der Waals surface area contributed by atoms with Gasteiger partial charge in [-0.15, -0.1) is 0 Å². The molecule has 0 spiro atoms. The fourth-order valence-electron chi connectivity index (χ4n) is 2.46. The molecule has 0 aliphatic rings. The number of likely N-dealkylation sites (N-methyl/N-ethyl adjacent to an activating group) is 1. The van der Waals surface area contributed by atoms with E-state index in [0.29, 0.717) is 18.5 Å². The normalized spacial score (nSPS) is 12.7. The van der Waals surface area contributed by atoms with Gasteiger partial charge in [0.15, 0.2) is 0 Å². The predicted octanol–water partition coefficient (Wildman–Crippen LogP) is 2.27. The lowest BCUT2D eigenvalue weighted by Gasteiger charge is -2.20. The van der Waals surface area contributed by atoms with Gasteiger partial charge in [0.2, 0.25) is 5.91 Å². The van der Waals surface area contributed by atoms with Crippen molar-refractivity contribution in [3.8, 4) is 0 Å². The number of hydrogen-bond acceptors (Lipinski definition) is 2. The van der Waals surface area contributed by atoms with E-state index in [-0.39, 0.29) is 5.91 Å². The number of nitrogens with zero attached hydrogens (tertiary/aromatic N) is 2. The van der Waals surface area contributed by atoms with E-state index in [4.69, 9.17) is 0 Å². The molecule has 1 aromatic rings.